The molecule has 1 aliphatic rings. The molecule has 160 valence electrons. The van der Waals surface area contributed by atoms with E-state index in [0.717, 1.165) is 29.9 Å². The van der Waals surface area contributed by atoms with Crippen LogP contribution in [0.1, 0.15) is 47.0 Å². The molecule has 6 heteroatoms. The quantitative estimate of drug-likeness (QED) is 0.719. The number of carbonyl (C=O) groups is 1. The van der Waals surface area contributed by atoms with Crippen LogP contribution in [-0.4, -0.2) is 21.7 Å². The highest BCUT2D eigenvalue weighted by Gasteiger charge is 2.35. The fraction of sp³-hybridized carbons (Fsp3) is 0.565. The normalized spacial score (nSPS) is 22.8. The molecule has 0 aliphatic heterocycles. The second-order valence-corrected chi connectivity index (χ2v) is 8.86. The molecule has 5 nitrogen and oxygen atoms in total. The first-order valence-electron chi connectivity index (χ1n) is 10.5. The predicted molar refractivity (Wildman–Crippen MR) is 125 cm³/mol. The molecule has 0 saturated heterocycles. The van der Waals surface area contributed by atoms with Gasteiger partial charge in [-0.05, 0) is 37.5 Å². The highest BCUT2D eigenvalue weighted by molar-refractivity contribution is 7.59. The van der Waals surface area contributed by atoms with Gasteiger partial charge in [0.25, 0.3) is 0 Å². The third kappa shape index (κ3) is 5.86. The van der Waals surface area contributed by atoms with Gasteiger partial charge in [0, 0.05) is 23.6 Å². The summed E-state index contributed by atoms with van der Waals surface area (Å²) in [7, 11) is 0. The van der Waals surface area contributed by atoms with Crippen molar-refractivity contribution in [2.75, 3.05) is 5.32 Å². The van der Waals surface area contributed by atoms with E-state index in [-0.39, 0.29) is 31.4 Å². The Bertz CT molecular complexity index is 787. The van der Waals surface area contributed by atoms with E-state index >= 15 is 0 Å². The predicted octanol–water partition coefficient (Wildman–Crippen LogP) is 4.66. The van der Waals surface area contributed by atoms with Crippen LogP contribution in [0.5, 0.6) is 0 Å². The first kappa shape index (κ1) is 23.5. The summed E-state index contributed by atoms with van der Waals surface area (Å²) >= 11 is 0. The van der Waals surface area contributed by atoms with Gasteiger partial charge >= 0.3 is 0 Å². The van der Waals surface area contributed by atoms with E-state index in [0.29, 0.717) is 24.3 Å². The molecule has 29 heavy (non-hydrogen) atoms. The van der Waals surface area contributed by atoms with Gasteiger partial charge in [-0.1, -0.05) is 57.5 Å². The third-order valence-corrected chi connectivity index (χ3v) is 5.92. The molecule has 4 atom stereocenters. The molecule has 1 heterocycles. The molecule has 1 fully saturated rings. The maximum absolute atomic E-state index is 13.2. The monoisotopic (exact) mass is 416 g/mol. The number of carbonyl (C=O) groups excluding carboxylic acids is 1. The minimum Gasteiger partial charge on any atom is -0.326 e. The van der Waals surface area contributed by atoms with Gasteiger partial charge in [0.1, 0.15) is 5.82 Å². The summed E-state index contributed by atoms with van der Waals surface area (Å²) in [6, 6.07) is 12.0. The Morgan fingerprint density at radius 1 is 1.24 bits per heavy atom. The summed E-state index contributed by atoms with van der Waals surface area (Å²) in [5.74, 6) is 2.46. The Hall–Kier alpha value is -1.79. The summed E-state index contributed by atoms with van der Waals surface area (Å²) < 4.78 is 1.83. The standard InChI is InChI=1S/C23H34N4O.H2S/c1-15(2)19-11-10-16(3)12-20(19)23(28)25-22-13-21(18-8-6-5-7-9-18)26-27(22)14-17(4)24;/h5-9,13,15-17,19-20H,10-12,14,24H2,1-4H3,(H,25,28);1H2/t16-,17-,19+,20-;/m1./s1. The average molecular weight is 417 g/mol. The number of aromatic nitrogens is 2. The van der Waals surface area contributed by atoms with Crippen molar-refractivity contribution >= 4 is 25.2 Å². The highest BCUT2D eigenvalue weighted by atomic mass is 32.1. The zero-order valence-electron chi connectivity index (χ0n) is 18.1. The van der Waals surface area contributed by atoms with Gasteiger partial charge in [-0.15, -0.1) is 0 Å². The molecule has 1 aromatic heterocycles. The molecule has 3 rings (SSSR count). The van der Waals surface area contributed by atoms with E-state index in [1.165, 1.54) is 6.42 Å². The van der Waals surface area contributed by atoms with Crippen LogP contribution in [-0.2, 0) is 11.3 Å². The second kappa shape index (κ2) is 10.3. The van der Waals surface area contributed by atoms with Gasteiger partial charge in [0.2, 0.25) is 5.91 Å². The van der Waals surface area contributed by atoms with Crippen molar-refractivity contribution in [2.24, 2.45) is 29.4 Å². The summed E-state index contributed by atoms with van der Waals surface area (Å²) in [5.41, 5.74) is 7.91. The molecular weight excluding hydrogens is 380 g/mol. The maximum Gasteiger partial charge on any atom is 0.228 e. The van der Waals surface area contributed by atoms with Gasteiger partial charge in [-0.2, -0.15) is 18.6 Å². The molecule has 0 unspecified atom stereocenters. The second-order valence-electron chi connectivity index (χ2n) is 8.86. The molecule has 2 aromatic rings. The topological polar surface area (TPSA) is 72.9 Å². The summed E-state index contributed by atoms with van der Waals surface area (Å²) in [6.07, 6.45) is 3.31. The number of anilines is 1. The molecule has 1 amide bonds. The average Bonchev–Trinajstić information content (AvgIpc) is 3.03. The zero-order valence-corrected chi connectivity index (χ0v) is 19.1. The van der Waals surface area contributed by atoms with E-state index in [1.807, 2.05) is 48.0 Å². The van der Waals surface area contributed by atoms with Gasteiger partial charge in [-0.25, -0.2) is 4.68 Å². The van der Waals surface area contributed by atoms with E-state index in [9.17, 15) is 4.79 Å². The maximum atomic E-state index is 13.2. The van der Waals surface area contributed by atoms with E-state index in [1.54, 1.807) is 0 Å². The Kier molecular flexibility index (Phi) is 8.34. The summed E-state index contributed by atoms with van der Waals surface area (Å²) in [5, 5.41) is 7.90. The zero-order chi connectivity index (χ0) is 20.3. The largest absolute Gasteiger partial charge is 0.326 e. The number of amides is 1. The summed E-state index contributed by atoms with van der Waals surface area (Å²) in [4.78, 5) is 13.2. The lowest BCUT2D eigenvalue weighted by Gasteiger charge is -2.36. The van der Waals surface area contributed by atoms with Gasteiger partial charge in [0.05, 0.1) is 12.2 Å². The van der Waals surface area contributed by atoms with Crippen molar-refractivity contribution in [2.45, 2.75) is 59.5 Å². The van der Waals surface area contributed by atoms with Crippen molar-refractivity contribution in [3.8, 4) is 11.3 Å². The number of hydrogen-bond donors (Lipinski definition) is 2. The van der Waals surface area contributed by atoms with Crippen LogP contribution < -0.4 is 11.1 Å². The molecule has 1 aromatic carbocycles. The van der Waals surface area contributed by atoms with Crippen molar-refractivity contribution < 1.29 is 4.79 Å². The minimum atomic E-state index is -0.0442. The van der Waals surface area contributed by atoms with Crippen molar-refractivity contribution in [3.63, 3.8) is 0 Å². The molecule has 0 spiro atoms. The van der Waals surface area contributed by atoms with Crippen LogP contribution in [0.2, 0.25) is 0 Å². The lowest BCUT2D eigenvalue weighted by molar-refractivity contribution is -0.124. The lowest BCUT2D eigenvalue weighted by Crippen LogP contribution is -2.37. The molecule has 0 bridgehead atoms. The van der Waals surface area contributed by atoms with E-state index in [2.05, 4.69) is 26.1 Å². The SMILES string of the molecule is CC(C)[C@@H]1CC[C@@H](C)C[C@H]1C(=O)Nc1cc(-c2ccccc2)nn1C[C@@H](C)N.S. The van der Waals surface area contributed by atoms with Crippen LogP contribution in [0.25, 0.3) is 11.3 Å². The third-order valence-electron chi connectivity index (χ3n) is 5.92. The Morgan fingerprint density at radius 3 is 2.55 bits per heavy atom. The van der Waals surface area contributed by atoms with Crippen molar-refractivity contribution in [1.82, 2.24) is 9.78 Å². The molecule has 0 radical (unpaired) electrons. The van der Waals surface area contributed by atoms with Gasteiger partial charge in [-0.3, -0.25) is 4.79 Å². The Labute approximate surface area is 181 Å². The van der Waals surface area contributed by atoms with Crippen LogP contribution in [0, 0.1) is 23.7 Å². The van der Waals surface area contributed by atoms with Crippen LogP contribution in [0.3, 0.4) is 0 Å². The number of nitrogens with zero attached hydrogens (tertiary/aromatic N) is 2. The van der Waals surface area contributed by atoms with Gasteiger partial charge < -0.3 is 11.1 Å². The summed E-state index contributed by atoms with van der Waals surface area (Å²) in [6.45, 7) is 9.23. The van der Waals surface area contributed by atoms with Crippen LogP contribution in [0.4, 0.5) is 5.82 Å². The Morgan fingerprint density at radius 2 is 1.93 bits per heavy atom. The van der Waals surface area contributed by atoms with E-state index < -0.39 is 0 Å². The Balaban J connectivity index is 0.00000300. The number of benzene rings is 1. The number of hydrogen-bond acceptors (Lipinski definition) is 3. The molecule has 1 aliphatic carbocycles. The van der Waals surface area contributed by atoms with E-state index in [4.69, 9.17) is 10.8 Å². The number of rotatable bonds is 6. The van der Waals surface area contributed by atoms with Crippen LogP contribution >= 0.6 is 13.5 Å². The van der Waals surface area contributed by atoms with Gasteiger partial charge in [0.15, 0.2) is 0 Å². The number of nitrogens with one attached hydrogen (secondary N) is 1. The lowest BCUT2D eigenvalue weighted by atomic mass is 9.70. The smallest absolute Gasteiger partial charge is 0.228 e. The van der Waals surface area contributed by atoms with Crippen molar-refractivity contribution in [1.29, 1.82) is 0 Å². The first-order valence-corrected chi connectivity index (χ1v) is 10.5. The number of nitrogens with two attached hydrogens (primary N) is 1. The fourth-order valence-electron chi connectivity index (χ4n) is 4.40. The van der Waals surface area contributed by atoms with Crippen molar-refractivity contribution in [3.05, 3.63) is 36.4 Å². The first-order chi connectivity index (χ1) is 13.3. The molecule has 3 N–H and O–H groups in total. The highest BCUT2D eigenvalue weighted by Crippen LogP contribution is 2.38. The fourth-order valence-corrected chi connectivity index (χ4v) is 4.40. The van der Waals surface area contributed by atoms with Crippen LogP contribution in [0.15, 0.2) is 36.4 Å². The molecular formula is C23H36N4OS. The molecule has 1 saturated carbocycles. The minimum absolute atomic E-state index is 0.